The van der Waals surface area contributed by atoms with Gasteiger partial charge in [-0.15, -0.1) is 0 Å². The fourth-order valence-electron chi connectivity index (χ4n) is 2.74. The van der Waals surface area contributed by atoms with Crippen molar-refractivity contribution in [2.24, 2.45) is 0 Å². The first kappa shape index (κ1) is 20.1. The maximum atomic E-state index is 12.2. The molecule has 0 unspecified atom stereocenters. The lowest BCUT2D eigenvalue weighted by molar-refractivity contribution is 0.0527. The summed E-state index contributed by atoms with van der Waals surface area (Å²) < 4.78 is 10.6. The highest BCUT2D eigenvalue weighted by atomic mass is 16.5. The highest BCUT2D eigenvalue weighted by Gasteiger charge is 2.13. The van der Waals surface area contributed by atoms with E-state index < -0.39 is 5.97 Å². The summed E-state index contributed by atoms with van der Waals surface area (Å²) in [6, 6.07) is 16.6. The van der Waals surface area contributed by atoms with Crippen molar-refractivity contribution in [1.29, 1.82) is 0 Å². The molecule has 29 heavy (non-hydrogen) atoms. The molecule has 1 heterocycles. The molecule has 0 aliphatic heterocycles. The number of hydrogen-bond donors (Lipinski definition) is 2. The highest BCUT2D eigenvalue weighted by Crippen LogP contribution is 2.23. The number of anilines is 4. The van der Waals surface area contributed by atoms with Crippen LogP contribution < -0.4 is 15.4 Å². The first-order valence-corrected chi connectivity index (χ1v) is 9.47. The van der Waals surface area contributed by atoms with Gasteiger partial charge in [0.05, 0.1) is 24.5 Å². The SMILES string of the molecule is CCOC(=O)c1ccccc1Nc1nc(C)cc(Nc2ccc(OCC)cc2)n1. The van der Waals surface area contributed by atoms with Crippen LogP contribution in [0.5, 0.6) is 5.75 Å². The van der Waals surface area contributed by atoms with E-state index in [1.54, 1.807) is 25.1 Å². The molecule has 0 radical (unpaired) electrons. The Kier molecular flexibility index (Phi) is 6.63. The topological polar surface area (TPSA) is 85.4 Å². The largest absolute Gasteiger partial charge is 0.494 e. The van der Waals surface area contributed by atoms with E-state index >= 15 is 0 Å². The second kappa shape index (κ2) is 9.54. The van der Waals surface area contributed by atoms with E-state index in [4.69, 9.17) is 9.47 Å². The summed E-state index contributed by atoms with van der Waals surface area (Å²) in [6.45, 7) is 6.54. The maximum Gasteiger partial charge on any atom is 0.340 e. The molecule has 0 bridgehead atoms. The second-order valence-electron chi connectivity index (χ2n) is 6.19. The molecular formula is C22H24N4O3. The minimum atomic E-state index is -0.393. The quantitative estimate of drug-likeness (QED) is 0.530. The van der Waals surface area contributed by atoms with E-state index in [1.165, 1.54) is 0 Å². The fourth-order valence-corrected chi connectivity index (χ4v) is 2.74. The average Bonchev–Trinajstić information content (AvgIpc) is 2.70. The molecule has 7 heteroatoms. The number of aromatic nitrogens is 2. The number of hydrogen-bond acceptors (Lipinski definition) is 7. The van der Waals surface area contributed by atoms with Crippen molar-refractivity contribution in [2.75, 3.05) is 23.8 Å². The third-order valence-corrected chi connectivity index (χ3v) is 3.96. The van der Waals surface area contributed by atoms with Gasteiger partial charge < -0.3 is 20.1 Å². The zero-order valence-electron chi connectivity index (χ0n) is 16.7. The fraction of sp³-hybridized carbons (Fsp3) is 0.227. The average molecular weight is 392 g/mol. The molecule has 3 aromatic rings. The van der Waals surface area contributed by atoms with Gasteiger partial charge in [0, 0.05) is 17.4 Å². The predicted octanol–water partition coefficient (Wildman–Crippen LogP) is 4.85. The molecule has 0 spiro atoms. The molecule has 7 nitrogen and oxygen atoms in total. The molecule has 0 saturated carbocycles. The minimum absolute atomic E-state index is 0.310. The van der Waals surface area contributed by atoms with Crippen molar-refractivity contribution < 1.29 is 14.3 Å². The zero-order valence-corrected chi connectivity index (χ0v) is 16.7. The van der Waals surface area contributed by atoms with Crippen LogP contribution in [0.3, 0.4) is 0 Å². The van der Waals surface area contributed by atoms with Crippen LogP contribution in [0, 0.1) is 6.92 Å². The predicted molar refractivity (Wildman–Crippen MR) is 113 cm³/mol. The number of aryl methyl sites for hydroxylation is 1. The van der Waals surface area contributed by atoms with Crippen LogP contribution in [0.15, 0.2) is 54.6 Å². The van der Waals surface area contributed by atoms with Gasteiger partial charge in [0.2, 0.25) is 5.95 Å². The smallest absolute Gasteiger partial charge is 0.340 e. The van der Waals surface area contributed by atoms with Gasteiger partial charge in [-0.25, -0.2) is 9.78 Å². The van der Waals surface area contributed by atoms with Crippen molar-refractivity contribution in [3.8, 4) is 5.75 Å². The number of benzene rings is 2. The maximum absolute atomic E-state index is 12.2. The van der Waals surface area contributed by atoms with Crippen LogP contribution in [0.4, 0.5) is 23.1 Å². The number of nitrogens with zero attached hydrogens (tertiary/aromatic N) is 2. The van der Waals surface area contributed by atoms with Gasteiger partial charge in [-0.05, 0) is 57.2 Å². The zero-order chi connectivity index (χ0) is 20.6. The Balaban J connectivity index is 1.80. The number of para-hydroxylation sites is 1. The van der Waals surface area contributed by atoms with E-state index in [9.17, 15) is 4.79 Å². The Morgan fingerprint density at radius 3 is 2.45 bits per heavy atom. The molecule has 0 saturated heterocycles. The number of carbonyl (C=O) groups excluding carboxylic acids is 1. The van der Waals surface area contributed by atoms with E-state index in [0.29, 0.717) is 36.2 Å². The summed E-state index contributed by atoms with van der Waals surface area (Å²) in [6.07, 6.45) is 0. The molecule has 2 aromatic carbocycles. The summed E-state index contributed by atoms with van der Waals surface area (Å²) in [7, 11) is 0. The van der Waals surface area contributed by atoms with E-state index in [1.807, 2.05) is 50.2 Å². The Morgan fingerprint density at radius 2 is 1.72 bits per heavy atom. The van der Waals surface area contributed by atoms with E-state index in [2.05, 4.69) is 20.6 Å². The van der Waals surface area contributed by atoms with E-state index in [-0.39, 0.29) is 0 Å². The van der Waals surface area contributed by atoms with Crippen molar-refractivity contribution in [1.82, 2.24) is 9.97 Å². The van der Waals surface area contributed by atoms with Crippen molar-refractivity contribution in [2.45, 2.75) is 20.8 Å². The standard InChI is InChI=1S/C22H24N4O3/c1-4-28-17-12-10-16(11-13-17)24-20-14-15(3)23-22(26-20)25-19-9-7-6-8-18(19)21(27)29-5-2/h6-14H,4-5H2,1-3H3,(H2,23,24,25,26). The van der Waals surface area contributed by atoms with Crippen LogP contribution in [-0.4, -0.2) is 29.2 Å². The summed E-state index contributed by atoms with van der Waals surface area (Å²) >= 11 is 0. The van der Waals surface area contributed by atoms with Crippen molar-refractivity contribution in [3.05, 3.63) is 65.9 Å². The van der Waals surface area contributed by atoms with Crippen LogP contribution in [0.1, 0.15) is 29.9 Å². The molecule has 1 aromatic heterocycles. The normalized spacial score (nSPS) is 10.3. The van der Waals surface area contributed by atoms with Gasteiger partial charge in [0.25, 0.3) is 0 Å². The Hall–Kier alpha value is -3.61. The van der Waals surface area contributed by atoms with Gasteiger partial charge in [0.1, 0.15) is 11.6 Å². The summed E-state index contributed by atoms with van der Waals surface area (Å²) in [5.74, 6) is 1.44. The second-order valence-corrected chi connectivity index (χ2v) is 6.19. The first-order valence-electron chi connectivity index (χ1n) is 9.47. The van der Waals surface area contributed by atoms with Crippen molar-refractivity contribution in [3.63, 3.8) is 0 Å². The Labute approximate surface area is 170 Å². The highest BCUT2D eigenvalue weighted by molar-refractivity contribution is 5.96. The van der Waals surface area contributed by atoms with Crippen LogP contribution in [0.25, 0.3) is 0 Å². The van der Waals surface area contributed by atoms with Gasteiger partial charge in [-0.1, -0.05) is 12.1 Å². The number of rotatable bonds is 8. The Morgan fingerprint density at radius 1 is 0.966 bits per heavy atom. The number of carbonyl (C=O) groups is 1. The first-order chi connectivity index (χ1) is 14.1. The summed E-state index contributed by atoms with van der Waals surface area (Å²) in [4.78, 5) is 21.1. The molecule has 0 fully saturated rings. The summed E-state index contributed by atoms with van der Waals surface area (Å²) in [5, 5.41) is 6.38. The van der Waals surface area contributed by atoms with Crippen molar-refractivity contribution >= 4 is 29.1 Å². The van der Waals surface area contributed by atoms with Gasteiger partial charge in [0.15, 0.2) is 0 Å². The van der Waals surface area contributed by atoms with Gasteiger partial charge in [-0.3, -0.25) is 0 Å². The molecule has 3 rings (SSSR count). The van der Waals surface area contributed by atoms with Crippen LogP contribution in [0.2, 0.25) is 0 Å². The molecule has 0 atom stereocenters. The van der Waals surface area contributed by atoms with Gasteiger partial charge >= 0.3 is 5.97 Å². The number of ether oxygens (including phenoxy) is 2. The lowest BCUT2D eigenvalue weighted by atomic mass is 10.2. The third kappa shape index (κ3) is 5.44. The lowest BCUT2D eigenvalue weighted by Gasteiger charge is -2.12. The third-order valence-electron chi connectivity index (χ3n) is 3.96. The van der Waals surface area contributed by atoms with Gasteiger partial charge in [-0.2, -0.15) is 4.98 Å². The molecule has 0 aliphatic carbocycles. The minimum Gasteiger partial charge on any atom is -0.494 e. The lowest BCUT2D eigenvalue weighted by Crippen LogP contribution is -2.09. The molecule has 0 amide bonds. The molecule has 150 valence electrons. The monoisotopic (exact) mass is 392 g/mol. The number of esters is 1. The van der Waals surface area contributed by atoms with Crippen LogP contribution in [-0.2, 0) is 4.74 Å². The van der Waals surface area contributed by atoms with E-state index in [0.717, 1.165) is 17.1 Å². The number of nitrogens with one attached hydrogen (secondary N) is 2. The molecule has 2 N–H and O–H groups in total. The van der Waals surface area contributed by atoms with Crippen LogP contribution >= 0.6 is 0 Å². The molecular weight excluding hydrogens is 368 g/mol. The molecule has 0 aliphatic rings. The Bertz CT molecular complexity index is 974. The summed E-state index contributed by atoms with van der Waals surface area (Å²) in [5.41, 5.74) is 2.68.